The number of ether oxygens (including phenoxy) is 1. The highest BCUT2D eigenvalue weighted by atomic mass is 32.3. The Kier molecular flexibility index (Phi) is 2.87. The van der Waals surface area contributed by atoms with E-state index in [4.69, 9.17) is 4.74 Å². The highest BCUT2D eigenvalue weighted by molar-refractivity contribution is 7.86. The molecule has 0 bridgehead atoms. The number of hydrogen-bond donors (Lipinski definition) is 0. The molecule has 0 N–H and O–H groups in total. The average Bonchev–Trinajstić information content (AvgIpc) is 2.04. The third kappa shape index (κ3) is 2.42. The molecular formula is C8H9FO3S. The summed E-state index contributed by atoms with van der Waals surface area (Å²) in [7, 11) is -4.68. The zero-order chi connectivity index (χ0) is 9.90. The summed E-state index contributed by atoms with van der Waals surface area (Å²) in [5, 5.41) is 0. The van der Waals surface area contributed by atoms with E-state index in [1.54, 1.807) is 13.0 Å². The molecule has 0 atom stereocenters. The van der Waals surface area contributed by atoms with E-state index >= 15 is 0 Å². The first-order valence-corrected chi connectivity index (χ1v) is 5.10. The maximum atomic E-state index is 12.6. The second-order valence-electron chi connectivity index (χ2n) is 2.32. The smallest absolute Gasteiger partial charge is 0.335 e. The predicted molar refractivity (Wildman–Crippen MR) is 45.9 cm³/mol. The molecule has 0 saturated heterocycles. The fraction of sp³-hybridized carbons (Fsp3) is 0.250. The van der Waals surface area contributed by atoms with Gasteiger partial charge in [0.15, 0.2) is 0 Å². The van der Waals surface area contributed by atoms with Gasteiger partial charge in [0.2, 0.25) is 0 Å². The van der Waals surface area contributed by atoms with Gasteiger partial charge in [-0.05, 0) is 19.1 Å². The van der Waals surface area contributed by atoms with Crippen LogP contribution < -0.4 is 4.74 Å². The second-order valence-corrected chi connectivity index (χ2v) is 3.63. The quantitative estimate of drug-likeness (QED) is 0.704. The van der Waals surface area contributed by atoms with Crippen molar-refractivity contribution in [3.8, 4) is 5.75 Å². The molecular weight excluding hydrogens is 195 g/mol. The topological polar surface area (TPSA) is 43.4 Å². The molecule has 0 heterocycles. The Hall–Kier alpha value is -1.10. The van der Waals surface area contributed by atoms with E-state index < -0.39 is 15.1 Å². The van der Waals surface area contributed by atoms with Gasteiger partial charge in [-0.25, -0.2) is 0 Å². The average molecular weight is 204 g/mol. The van der Waals surface area contributed by atoms with Crippen molar-refractivity contribution < 1.29 is 17.0 Å². The van der Waals surface area contributed by atoms with Gasteiger partial charge in [0.05, 0.1) is 6.61 Å². The normalized spacial score (nSPS) is 11.2. The van der Waals surface area contributed by atoms with Gasteiger partial charge in [-0.2, -0.15) is 8.42 Å². The summed E-state index contributed by atoms with van der Waals surface area (Å²) < 4.78 is 38.7. The van der Waals surface area contributed by atoms with Gasteiger partial charge < -0.3 is 4.74 Å². The lowest BCUT2D eigenvalue weighted by Crippen LogP contribution is -1.99. The van der Waals surface area contributed by atoms with Crippen LogP contribution in [0.1, 0.15) is 6.92 Å². The summed E-state index contributed by atoms with van der Waals surface area (Å²) in [5.74, 6) is 0.0486. The minimum Gasteiger partial charge on any atom is -0.492 e. The maximum absolute atomic E-state index is 12.6. The van der Waals surface area contributed by atoms with Crippen LogP contribution in [0, 0.1) is 0 Å². The molecule has 72 valence electrons. The lowest BCUT2D eigenvalue weighted by atomic mass is 10.3. The van der Waals surface area contributed by atoms with Gasteiger partial charge >= 0.3 is 10.2 Å². The number of halogens is 1. The molecule has 13 heavy (non-hydrogen) atoms. The molecule has 0 aliphatic rings. The Morgan fingerprint density at radius 2 is 2.00 bits per heavy atom. The summed E-state index contributed by atoms with van der Waals surface area (Å²) in [4.78, 5) is -0.420. The molecule has 5 heteroatoms. The molecule has 1 aromatic carbocycles. The minimum atomic E-state index is -4.68. The van der Waals surface area contributed by atoms with E-state index in [9.17, 15) is 12.3 Å². The summed E-state index contributed by atoms with van der Waals surface area (Å²) in [6.07, 6.45) is 0. The van der Waals surface area contributed by atoms with E-state index in [0.29, 0.717) is 6.61 Å². The first kappa shape index (κ1) is 9.98. The third-order valence-corrected chi connectivity index (χ3v) is 2.27. The van der Waals surface area contributed by atoms with E-state index in [1.807, 2.05) is 0 Å². The Labute approximate surface area is 76.4 Å². The third-order valence-electron chi connectivity index (χ3n) is 1.41. The van der Waals surface area contributed by atoms with E-state index in [2.05, 4.69) is 0 Å². The van der Waals surface area contributed by atoms with Crippen molar-refractivity contribution >= 4 is 10.2 Å². The summed E-state index contributed by atoms with van der Waals surface area (Å²) in [5.41, 5.74) is 0. The van der Waals surface area contributed by atoms with Gasteiger partial charge in [0, 0.05) is 0 Å². The van der Waals surface area contributed by atoms with Crippen LogP contribution in [0.4, 0.5) is 3.89 Å². The molecule has 0 amide bonds. The summed E-state index contributed by atoms with van der Waals surface area (Å²) >= 11 is 0. The van der Waals surface area contributed by atoms with Crippen molar-refractivity contribution in [2.75, 3.05) is 6.61 Å². The number of hydrogen-bond acceptors (Lipinski definition) is 3. The van der Waals surface area contributed by atoms with E-state index in [0.717, 1.165) is 0 Å². The Bertz CT molecular complexity index is 386. The Balaban J connectivity index is 3.20. The first-order valence-electron chi connectivity index (χ1n) is 3.72. The van der Waals surface area contributed by atoms with Gasteiger partial charge in [0.1, 0.15) is 10.6 Å². The van der Waals surface area contributed by atoms with Gasteiger partial charge in [0.25, 0.3) is 0 Å². The van der Waals surface area contributed by atoms with Crippen LogP contribution in [0.15, 0.2) is 29.2 Å². The zero-order valence-corrected chi connectivity index (χ0v) is 7.84. The largest absolute Gasteiger partial charge is 0.492 e. The summed E-state index contributed by atoms with van der Waals surface area (Å²) in [6.45, 7) is 1.99. The monoisotopic (exact) mass is 204 g/mol. The van der Waals surface area contributed by atoms with Crippen LogP contribution in [0.5, 0.6) is 5.75 Å². The van der Waals surface area contributed by atoms with Crippen LogP contribution >= 0.6 is 0 Å². The molecule has 0 radical (unpaired) electrons. The lowest BCUT2D eigenvalue weighted by molar-refractivity contribution is 0.330. The first-order chi connectivity index (χ1) is 6.05. The van der Waals surface area contributed by atoms with Crippen molar-refractivity contribution in [3.63, 3.8) is 0 Å². The second kappa shape index (κ2) is 3.74. The molecule has 0 aliphatic carbocycles. The standard InChI is InChI=1S/C8H9FO3S/c1-2-12-7-5-3-4-6-8(7)13(9,10)11/h3-6H,2H2,1H3. The lowest BCUT2D eigenvalue weighted by Gasteiger charge is -2.05. The van der Waals surface area contributed by atoms with Crippen LogP contribution in [0.3, 0.4) is 0 Å². The van der Waals surface area contributed by atoms with Crippen molar-refractivity contribution in [1.82, 2.24) is 0 Å². The van der Waals surface area contributed by atoms with Crippen molar-refractivity contribution in [2.45, 2.75) is 11.8 Å². The number of para-hydroxylation sites is 1. The molecule has 0 spiro atoms. The van der Waals surface area contributed by atoms with Gasteiger partial charge in [-0.15, -0.1) is 3.89 Å². The van der Waals surface area contributed by atoms with E-state index in [-0.39, 0.29) is 5.75 Å². The molecule has 0 aliphatic heterocycles. The highest BCUT2D eigenvalue weighted by Crippen LogP contribution is 2.24. The fourth-order valence-corrected chi connectivity index (χ4v) is 1.53. The predicted octanol–water partition coefficient (Wildman–Crippen LogP) is 1.74. The molecule has 3 nitrogen and oxygen atoms in total. The van der Waals surface area contributed by atoms with Crippen LogP contribution in [-0.2, 0) is 10.2 Å². The van der Waals surface area contributed by atoms with E-state index in [1.165, 1.54) is 18.2 Å². The minimum absolute atomic E-state index is 0.0486. The fourth-order valence-electron chi connectivity index (χ4n) is 0.926. The molecule has 0 unspecified atom stereocenters. The molecule has 1 aromatic rings. The highest BCUT2D eigenvalue weighted by Gasteiger charge is 2.17. The molecule has 0 saturated carbocycles. The Morgan fingerprint density at radius 1 is 1.38 bits per heavy atom. The van der Waals surface area contributed by atoms with Crippen LogP contribution in [0.2, 0.25) is 0 Å². The van der Waals surface area contributed by atoms with Crippen LogP contribution in [0.25, 0.3) is 0 Å². The Morgan fingerprint density at radius 3 is 2.54 bits per heavy atom. The van der Waals surface area contributed by atoms with Crippen molar-refractivity contribution in [3.05, 3.63) is 24.3 Å². The summed E-state index contributed by atoms with van der Waals surface area (Å²) in [6, 6.07) is 5.60. The van der Waals surface area contributed by atoms with Crippen molar-refractivity contribution in [1.29, 1.82) is 0 Å². The van der Waals surface area contributed by atoms with Crippen molar-refractivity contribution in [2.24, 2.45) is 0 Å². The maximum Gasteiger partial charge on any atom is 0.335 e. The van der Waals surface area contributed by atoms with Gasteiger partial charge in [-0.3, -0.25) is 0 Å². The molecule has 1 rings (SSSR count). The number of benzene rings is 1. The zero-order valence-electron chi connectivity index (χ0n) is 7.03. The van der Waals surface area contributed by atoms with Crippen LogP contribution in [-0.4, -0.2) is 15.0 Å². The van der Waals surface area contributed by atoms with Gasteiger partial charge in [-0.1, -0.05) is 12.1 Å². The SMILES string of the molecule is CCOc1ccccc1S(=O)(=O)F. The molecule has 0 fully saturated rings. The molecule has 0 aromatic heterocycles. The number of rotatable bonds is 3.